The van der Waals surface area contributed by atoms with Gasteiger partial charge in [0.2, 0.25) is 0 Å². The summed E-state index contributed by atoms with van der Waals surface area (Å²) < 4.78 is 10.5. The van der Waals surface area contributed by atoms with Crippen LogP contribution in [0.15, 0.2) is 24.3 Å². The third-order valence-electron chi connectivity index (χ3n) is 3.62. The molecule has 1 aromatic rings. The first-order valence-electron chi connectivity index (χ1n) is 7.74. The SMILES string of the molecule is CCCCOCC(COC(C)=O)N1C(=O)c2ccccc2C1=O. The molecule has 1 aliphatic rings. The second-order valence-corrected chi connectivity index (χ2v) is 5.41. The van der Waals surface area contributed by atoms with Crippen LogP contribution >= 0.6 is 0 Å². The van der Waals surface area contributed by atoms with Crippen LogP contribution in [0.4, 0.5) is 0 Å². The fraction of sp³-hybridized carbons (Fsp3) is 0.471. The molecule has 0 aliphatic carbocycles. The summed E-state index contributed by atoms with van der Waals surface area (Å²) in [5, 5.41) is 0. The van der Waals surface area contributed by atoms with E-state index in [1.54, 1.807) is 24.3 Å². The number of carbonyl (C=O) groups excluding carboxylic acids is 3. The van der Waals surface area contributed by atoms with Gasteiger partial charge >= 0.3 is 5.97 Å². The number of amides is 2. The lowest BCUT2D eigenvalue weighted by Gasteiger charge is -2.25. The highest BCUT2D eigenvalue weighted by Gasteiger charge is 2.40. The molecule has 0 spiro atoms. The maximum atomic E-state index is 12.5. The van der Waals surface area contributed by atoms with Crippen molar-refractivity contribution in [1.82, 2.24) is 4.90 Å². The topological polar surface area (TPSA) is 72.9 Å². The minimum atomic E-state index is -0.622. The standard InChI is InChI=1S/C17H21NO5/c1-3-4-9-22-10-13(11-23-12(2)19)18-16(20)14-7-5-6-8-15(14)17(18)21/h5-8,13H,3-4,9-11H2,1-2H3. The Kier molecular flexibility index (Phi) is 5.87. The molecule has 23 heavy (non-hydrogen) atoms. The maximum absolute atomic E-state index is 12.5. The van der Waals surface area contributed by atoms with Crippen LogP contribution in [-0.4, -0.2) is 48.5 Å². The number of benzene rings is 1. The van der Waals surface area contributed by atoms with Gasteiger partial charge in [-0.1, -0.05) is 25.5 Å². The smallest absolute Gasteiger partial charge is 0.302 e. The molecule has 1 aliphatic heterocycles. The van der Waals surface area contributed by atoms with Crippen molar-refractivity contribution in [3.63, 3.8) is 0 Å². The number of imide groups is 1. The number of esters is 1. The number of hydrogen-bond acceptors (Lipinski definition) is 5. The molecule has 6 nitrogen and oxygen atoms in total. The average molecular weight is 319 g/mol. The molecule has 1 aromatic carbocycles. The van der Waals surface area contributed by atoms with E-state index in [0.29, 0.717) is 17.7 Å². The molecule has 2 amide bonds. The second-order valence-electron chi connectivity index (χ2n) is 5.41. The molecule has 0 fully saturated rings. The van der Waals surface area contributed by atoms with E-state index < -0.39 is 12.0 Å². The average Bonchev–Trinajstić information content (AvgIpc) is 2.79. The number of hydrogen-bond donors (Lipinski definition) is 0. The van der Waals surface area contributed by atoms with Crippen molar-refractivity contribution < 1.29 is 23.9 Å². The molecule has 124 valence electrons. The summed E-state index contributed by atoms with van der Waals surface area (Å²) in [6, 6.07) is 6.05. The van der Waals surface area contributed by atoms with Gasteiger partial charge in [-0.15, -0.1) is 0 Å². The Labute approximate surface area is 135 Å². The second kappa shape index (κ2) is 7.87. The van der Waals surface area contributed by atoms with Gasteiger partial charge in [-0.3, -0.25) is 19.3 Å². The van der Waals surface area contributed by atoms with Gasteiger partial charge in [0, 0.05) is 13.5 Å². The Morgan fingerprint density at radius 1 is 1.13 bits per heavy atom. The third kappa shape index (κ3) is 3.96. The van der Waals surface area contributed by atoms with Crippen molar-refractivity contribution in [2.45, 2.75) is 32.7 Å². The fourth-order valence-electron chi connectivity index (χ4n) is 2.42. The minimum Gasteiger partial charge on any atom is -0.464 e. The zero-order valence-electron chi connectivity index (χ0n) is 13.4. The largest absolute Gasteiger partial charge is 0.464 e. The van der Waals surface area contributed by atoms with Gasteiger partial charge in [0.15, 0.2) is 0 Å². The quantitative estimate of drug-likeness (QED) is 0.416. The van der Waals surface area contributed by atoms with Crippen LogP contribution in [0.5, 0.6) is 0 Å². The monoisotopic (exact) mass is 319 g/mol. The van der Waals surface area contributed by atoms with Crippen molar-refractivity contribution in [3.05, 3.63) is 35.4 Å². The lowest BCUT2D eigenvalue weighted by atomic mass is 10.1. The summed E-state index contributed by atoms with van der Waals surface area (Å²) in [4.78, 5) is 37.2. The highest BCUT2D eigenvalue weighted by Crippen LogP contribution is 2.24. The Balaban J connectivity index is 2.13. The molecule has 0 saturated heterocycles. The van der Waals surface area contributed by atoms with Gasteiger partial charge in [0.05, 0.1) is 23.8 Å². The van der Waals surface area contributed by atoms with Crippen LogP contribution < -0.4 is 0 Å². The number of unbranched alkanes of at least 4 members (excludes halogenated alkanes) is 1. The lowest BCUT2D eigenvalue weighted by molar-refractivity contribution is -0.142. The van der Waals surface area contributed by atoms with Crippen molar-refractivity contribution in [2.24, 2.45) is 0 Å². The molecule has 0 saturated carbocycles. The number of fused-ring (bicyclic) bond motifs is 1. The van der Waals surface area contributed by atoms with Crippen molar-refractivity contribution in [2.75, 3.05) is 19.8 Å². The zero-order chi connectivity index (χ0) is 16.8. The molecule has 1 heterocycles. The Bertz CT molecular complexity index is 563. The van der Waals surface area contributed by atoms with Crippen LogP contribution in [0.1, 0.15) is 47.4 Å². The predicted molar refractivity (Wildman–Crippen MR) is 83.1 cm³/mol. The van der Waals surface area contributed by atoms with Crippen LogP contribution in [0.25, 0.3) is 0 Å². The third-order valence-corrected chi connectivity index (χ3v) is 3.62. The van der Waals surface area contributed by atoms with Gasteiger partial charge in [-0.05, 0) is 18.6 Å². The van der Waals surface area contributed by atoms with Crippen LogP contribution in [0, 0.1) is 0 Å². The Morgan fingerprint density at radius 3 is 2.26 bits per heavy atom. The van der Waals surface area contributed by atoms with E-state index >= 15 is 0 Å². The molecule has 6 heteroatoms. The molecular formula is C17H21NO5. The zero-order valence-corrected chi connectivity index (χ0v) is 13.4. The molecule has 0 aromatic heterocycles. The minimum absolute atomic E-state index is 0.0626. The first-order valence-corrected chi connectivity index (χ1v) is 7.74. The highest BCUT2D eigenvalue weighted by atomic mass is 16.5. The predicted octanol–water partition coefficient (Wildman–Crippen LogP) is 2.03. The van der Waals surface area contributed by atoms with Crippen molar-refractivity contribution >= 4 is 17.8 Å². The van der Waals surface area contributed by atoms with Gasteiger partial charge in [-0.2, -0.15) is 0 Å². The number of ether oxygens (including phenoxy) is 2. The molecule has 0 bridgehead atoms. The van der Waals surface area contributed by atoms with Crippen LogP contribution in [0.2, 0.25) is 0 Å². The summed E-state index contributed by atoms with van der Waals surface area (Å²) in [7, 11) is 0. The van der Waals surface area contributed by atoms with Gasteiger partial charge < -0.3 is 9.47 Å². The fourth-order valence-corrected chi connectivity index (χ4v) is 2.42. The Hall–Kier alpha value is -2.21. The molecule has 1 atom stereocenters. The van der Waals surface area contributed by atoms with Crippen LogP contribution in [-0.2, 0) is 14.3 Å². The molecule has 1 unspecified atom stereocenters. The Morgan fingerprint density at radius 2 is 1.74 bits per heavy atom. The van der Waals surface area contributed by atoms with E-state index in [4.69, 9.17) is 9.47 Å². The van der Waals surface area contributed by atoms with Crippen molar-refractivity contribution in [1.29, 1.82) is 0 Å². The highest BCUT2D eigenvalue weighted by molar-refractivity contribution is 6.21. The molecular weight excluding hydrogens is 298 g/mol. The van der Waals surface area contributed by atoms with Crippen LogP contribution in [0.3, 0.4) is 0 Å². The summed E-state index contributed by atoms with van der Waals surface area (Å²) in [5.41, 5.74) is 0.748. The van der Waals surface area contributed by atoms with E-state index in [9.17, 15) is 14.4 Å². The first kappa shape index (κ1) is 17.1. The number of carbonyl (C=O) groups is 3. The van der Waals surface area contributed by atoms with Gasteiger partial charge in [0.25, 0.3) is 11.8 Å². The van der Waals surface area contributed by atoms with E-state index in [0.717, 1.165) is 17.7 Å². The lowest BCUT2D eigenvalue weighted by Crippen LogP contribution is -2.45. The normalized spacial score (nSPS) is 14.8. The van der Waals surface area contributed by atoms with E-state index in [2.05, 4.69) is 0 Å². The van der Waals surface area contributed by atoms with E-state index in [-0.39, 0.29) is 25.0 Å². The summed E-state index contributed by atoms with van der Waals surface area (Å²) >= 11 is 0. The molecule has 0 radical (unpaired) electrons. The summed E-state index contributed by atoms with van der Waals surface area (Å²) in [6.07, 6.45) is 1.88. The van der Waals surface area contributed by atoms with Gasteiger partial charge in [0.1, 0.15) is 6.61 Å². The maximum Gasteiger partial charge on any atom is 0.302 e. The first-order chi connectivity index (χ1) is 11.1. The molecule has 0 N–H and O–H groups in total. The summed E-state index contributed by atoms with van der Waals surface area (Å²) in [6.45, 7) is 3.96. The summed E-state index contributed by atoms with van der Waals surface area (Å²) in [5.74, 6) is -1.20. The number of nitrogens with zero attached hydrogens (tertiary/aromatic N) is 1. The van der Waals surface area contributed by atoms with E-state index in [1.165, 1.54) is 6.92 Å². The van der Waals surface area contributed by atoms with E-state index in [1.807, 2.05) is 6.92 Å². The van der Waals surface area contributed by atoms with Crippen molar-refractivity contribution in [3.8, 4) is 0 Å². The number of rotatable bonds is 8. The van der Waals surface area contributed by atoms with Gasteiger partial charge in [-0.25, -0.2) is 0 Å². The molecule has 2 rings (SSSR count).